The molecule has 5 nitrogen and oxygen atoms in total. The monoisotopic (exact) mass is 295 g/mol. The van der Waals surface area contributed by atoms with Gasteiger partial charge in [-0.1, -0.05) is 13.8 Å². The Bertz CT molecular complexity index is 563. The molecular weight excluding hydrogens is 274 g/mol. The van der Waals surface area contributed by atoms with Crippen molar-refractivity contribution in [2.45, 2.75) is 27.2 Å². The van der Waals surface area contributed by atoms with Crippen LogP contribution in [0, 0.1) is 5.41 Å². The van der Waals surface area contributed by atoms with Crippen molar-refractivity contribution in [1.29, 1.82) is 0 Å². The first-order chi connectivity index (χ1) is 9.26. The molecule has 0 unspecified atom stereocenters. The fourth-order valence-corrected chi connectivity index (χ4v) is 3.68. The first-order valence-electron chi connectivity index (χ1n) is 6.67. The van der Waals surface area contributed by atoms with Gasteiger partial charge in [0.1, 0.15) is 5.00 Å². The molecule has 0 bridgehead atoms. The number of nitrogens with one attached hydrogen (secondary N) is 1. The molecular formula is C14H21N3O2S. The molecule has 3 N–H and O–H groups in total. The number of nitrogens with zero attached hydrogens (tertiary/aromatic N) is 1. The Balaban J connectivity index is 2.49. The predicted octanol–water partition coefficient (Wildman–Crippen LogP) is 2.13. The van der Waals surface area contributed by atoms with E-state index >= 15 is 0 Å². The van der Waals surface area contributed by atoms with E-state index in [0.29, 0.717) is 16.1 Å². The van der Waals surface area contributed by atoms with Gasteiger partial charge in [-0.05, 0) is 11.8 Å². The molecule has 1 aliphatic rings. The van der Waals surface area contributed by atoms with Gasteiger partial charge in [-0.15, -0.1) is 11.3 Å². The van der Waals surface area contributed by atoms with Crippen molar-refractivity contribution in [3.8, 4) is 0 Å². The molecule has 6 heteroatoms. The van der Waals surface area contributed by atoms with E-state index in [4.69, 9.17) is 5.73 Å². The Morgan fingerprint density at radius 3 is 2.50 bits per heavy atom. The predicted molar refractivity (Wildman–Crippen MR) is 82.7 cm³/mol. The number of nitrogen functional groups attached to an aromatic ring is 1. The van der Waals surface area contributed by atoms with Crippen LogP contribution in [-0.2, 0) is 0 Å². The molecule has 1 aliphatic heterocycles. The minimum Gasteiger partial charge on any atom is -0.397 e. The molecule has 0 aliphatic carbocycles. The Kier molecular flexibility index (Phi) is 3.77. The van der Waals surface area contributed by atoms with E-state index in [1.807, 2.05) is 0 Å². The van der Waals surface area contributed by atoms with Gasteiger partial charge in [0.15, 0.2) is 5.78 Å². The molecule has 1 aromatic rings. The maximum Gasteiger partial charge on any atom is 0.256 e. The van der Waals surface area contributed by atoms with Crippen LogP contribution in [0.25, 0.3) is 0 Å². The first-order valence-corrected chi connectivity index (χ1v) is 7.48. The molecule has 1 saturated heterocycles. The van der Waals surface area contributed by atoms with Crippen LogP contribution in [0.3, 0.4) is 0 Å². The number of Topliss-reactive ketones (excluding diaryl/α,β-unsaturated/α-hetero) is 1. The normalized spacial score (nSPS) is 17.3. The summed E-state index contributed by atoms with van der Waals surface area (Å²) in [6.07, 6.45) is 1.06. The van der Waals surface area contributed by atoms with E-state index in [1.165, 1.54) is 18.3 Å². The van der Waals surface area contributed by atoms with E-state index in [-0.39, 0.29) is 17.1 Å². The molecule has 0 spiro atoms. The zero-order chi connectivity index (χ0) is 15.1. The van der Waals surface area contributed by atoms with E-state index in [0.717, 1.165) is 24.5 Å². The van der Waals surface area contributed by atoms with Crippen LogP contribution in [0.4, 0.5) is 10.7 Å². The van der Waals surface area contributed by atoms with Crippen LogP contribution >= 0.6 is 11.3 Å². The smallest absolute Gasteiger partial charge is 0.256 e. The highest BCUT2D eigenvalue weighted by Crippen LogP contribution is 2.42. The second-order valence-electron chi connectivity index (χ2n) is 6.00. The van der Waals surface area contributed by atoms with Gasteiger partial charge < -0.3 is 16.0 Å². The number of rotatable bonds is 3. The number of anilines is 2. The SMILES string of the molecule is CNC(=O)c1c(N2CCC(C)(C)C2)sc(C(C)=O)c1N. The average molecular weight is 295 g/mol. The summed E-state index contributed by atoms with van der Waals surface area (Å²) in [6, 6.07) is 0. The lowest BCUT2D eigenvalue weighted by atomic mass is 9.93. The highest BCUT2D eigenvalue weighted by Gasteiger charge is 2.34. The third-order valence-corrected chi connectivity index (χ3v) is 5.03. The standard InChI is InChI=1S/C14H21N3O2S/c1-8(18)11-10(15)9(12(19)16-4)13(20-11)17-6-5-14(2,3)7-17/h5-7,15H2,1-4H3,(H,16,19). The summed E-state index contributed by atoms with van der Waals surface area (Å²) >= 11 is 1.33. The van der Waals surface area contributed by atoms with Gasteiger partial charge in [-0.3, -0.25) is 9.59 Å². The molecule has 0 saturated carbocycles. The van der Waals surface area contributed by atoms with Crippen LogP contribution in [0.5, 0.6) is 0 Å². The van der Waals surface area contributed by atoms with Crippen molar-refractivity contribution >= 4 is 33.7 Å². The van der Waals surface area contributed by atoms with E-state index in [1.54, 1.807) is 7.05 Å². The van der Waals surface area contributed by atoms with Crippen molar-refractivity contribution in [3.63, 3.8) is 0 Å². The minimum atomic E-state index is -0.231. The summed E-state index contributed by atoms with van der Waals surface area (Å²) in [5.41, 5.74) is 6.99. The number of carbonyl (C=O) groups excluding carboxylic acids is 2. The Hall–Kier alpha value is -1.56. The van der Waals surface area contributed by atoms with Crippen molar-refractivity contribution in [2.75, 3.05) is 30.8 Å². The largest absolute Gasteiger partial charge is 0.397 e. The Labute approximate surface area is 123 Å². The molecule has 0 aromatic carbocycles. The molecule has 110 valence electrons. The minimum absolute atomic E-state index is 0.0950. The second-order valence-corrected chi connectivity index (χ2v) is 7.00. The molecule has 0 atom stereocenters. The van der Waals surface area contributed by atoms with Crippen molar-refractivity contribution in [3.05, 3.63) is 10.4 Å². The number of hydrogen-bond acceptors (Lipinski definition) is 5. The van der Waals surface area contributed by atoms with E-state index in [9.17, 15) is 9.59 Å². The van der Waals surface area contributed by atoms with Gasteiger partial charge >= 0.3 is 0 Å². The number of amides is 1. The fraction of sp³-hybridized carbons (Fsp3) is 0.571. The van der Waals surface area contributed by atoms with Gasteiger partial charge in [0.05, 0.1) is 16.1 Å². The molecule has 1 amide bonds. The molecule has 1 fully saturated rings. The van der Waals surface area contributed by atoms with E-state index in [2.05, 4.69) is 24.1 Å². The summed E-state index contributed by atoms with van der Waals surface area (Å²) in [6.45, 7) is 7.64. The molecule has 1 aromatic heterocycles. The van der Waals surface area contributed by atoms with Gasteiger partial charge in [0, 0.05) is 27.1 Å². The molecule has 0 radical (unpaired) electrons. The van der Waals surface area contributed by atoms with Gasteiger partial charge in [0.25, 0.3) is 5.91 Å². The summed E-state index contributed by atoms with van der Waals surface area (Å²) in [5, 5.41) is 3.43. The number of carbonyl (C=O) groups is 2. The molecule has 2 heterocycles. The quantitative estimate of drug-likeness (QED) is 0.838. The lowest BCUT2D eigenvalue weighted by Gasteiger charge is -2.21. The molecule has 20 heavy (non-hydrogen) atoms. The van der Waals surface area contributed by atoms with Crippen LogP contribution in [0.15, 0.2) is 0 Å². The summed E-state index contributed by atoms with van der Waals surface area (Å²) in [5.74, 6) is -0.326. The summed E-state index contributed by atoms with van der Waals surface area (Å²) in [4.78, 5) is 26.4. The van der Waals surface area contributed by atoms with Crippen LogP contribution in [0.1, 0.15) is 47.2 Å². The first kappa shape index (κ1) is 14.8. The third-order valence-electron chi connectivity index (χ3n) is 3.67. The second kappa shape index (κ2) is 5.09. The van der Waals surface area contributed by atoms with Crippen molar-refractivity contribution in [1.82, 2.24) is 5.32 Å². The number of nitrogens with two attached hydrogens (primary N) is 1. The highest BCUT2D eigenvalue weighted by molar-refractivity contribution is 7.19. The number of thiophene rings is 1. The van der Waals surface area contributed by atoms with Crippen molar-refractivity contribution < 1.29 is 9.59 Å². The zero-order valence-electron chi connectivity index (χ0n) is 12.4. The Morgan fingerprint density at radius 1 is 1.40 bits per heavy atom. The van der Waals surface area contributed by atoms with Crippen LogP contribution < -0.4 is 16.0 Å². The van der Waals surface area contributed by atoms with Crippen LogP contribution in [-0.4, -0.2) is 31.8 Å². The van der Waals surface area contributed by atoms with Gasteiger partial charge in [0.2, 0.25) is 0 Å². The lowest BCUT2D eigenvalue weighted by molar-refractivity contribution is 0.0964. The maximum absolute atomic E-state index is 12.1. The number of ketones is 1. The molecule has 2 rings (SSSR count). The maximum atomic E-state index is 12.1. The Morgan fingerprint density at radius 2 is 2.05 bits per heavy atom. The fourth-order valence-electron chi connectivity index (χ4n) is 2.55. The van der Waals surface area contributed by atoms with Crippen molar-refractivity contribution in [2.24, 2.45) is 5.41 Å². The topological polar surface area (TPSA) is 75.4 Å². The van der Waals surface area contributed by atoms with Gasteiger partial charge in [-0.25, -0.2) is 0 Å². The highest BCUT2D eigenvalue weighted by atomic mass is 32.1. The lowest BCUT2D eigenvalue weighted by Crippen LogP contribution is -2.26. The summed E-state index contributed by atoms with van der Waals surface area (Å²) in [7, 11) is 1.57. The third kappa shape index (κ3) is 2.52. The van der Waals surface area contributed by atoms with E-state index < -0.39 is 0 Å². The summed E-state index contributed by atoms with van der Waals surface area (Å²) < 4.78 is 0. The average Bonchev–Trinajstić information content (AvgIpc) is 2.88. The van der Waals surface area contributed by atoms with Gasteiger partial charge in [-0.2, -0.15) is 0 Å². The zero-order valence-corrected chi connectivity index (χ0v) is 13.2. The van der Waals surface area contributed by atoms with Crippen LogP contribution in [0.2, 0.25) is 0 Å². The number of hydrogen-bond donors (Lipinski definition) is 2.